The van der Waals surface area contributed by atoms with E-state index in [0.29, 0.717) is 0 Å². The molecule has 0 radical (unpaired) electrons. The summed E-state index contributed by atoms with van der Waals surface area (Å²) in [5, 5.41) is -0.165. The SMILES string of the molecule is CO[Si]1(OC)C(C)(c2ccccc2)CCCC1(C)c1ccccc1. The molecule has 2 aromatic carbocycles. The van der Waals surface area contributed by atoms with Crippen molar-refractivity contribution in [1.82, 2.24) is 0 Å². The Bertz CT molecular complexity index is 613. The van der Waals surface area contributed by atoms with Gasteiger partial charge in [-0.1, -0.05) is 80.9 Å². The van der Waals surface area contributed by atoms with Gasteiger partial charge in [0.25, 0.3) is 0 Å². The van der Waals surface area contributed by atoms with Crippen LogP contribution in [0.4, 0.5) is 0 Å². The molecule has 1 fully saturated rings. The van der Waals surface area contributed by atoms with E-state index in [-0.39, 0.29) is 10.1 Å². The predicted molar refractivity (Wildman–Crippen MR) is 101 cm³/mol. The van der Waals surface area contributed by atoms with Gasteiger partial charge in [0, 0.05) is 24.3 Å². The Kier molecular flexibility index (Phi) is 4.69. The van der Waals surface area contributed by atoms with E-state index in [2.05, 4.69) is 74.5 Å². The van der Waals surface area contributed by atoms with Crippen LogP contribution in [0.15, 0.2) is 60.7 Å². The summed E-state index contributed by atoms with van der Waals surface area (Å²) in [7, 11) is 1.08. The van der Waals surface area contributed by atoms with E-state index in [1.165, 1.54) is 17.5 Å². The lowest BCUT2D eigenvalue weighted by Gasteiger charge is -2.57. The van der Waals surface area contributed by atoms with Gasteiger partial charge < -0.3 is 8.85 Å². The van der Waals surface area contributed by atoms with Crippen molar-refractivity contribution in [2.45, 2.75) is 43.2 Å². The van der Waals surface area contributed by atoms with Crippen LogP contribution in [0.25, 0.3) is 0 Å². The molecule has 24 heavy (non-hydrogen) atoms. The smallest absolute Gasteiger partial charge is 0.358 e. The molecule has 0 aromatic heterocycles. The summed E-state index contributed by atoms with van der Waals surface area (Å²) in [6.45, 7) is 4.70. The minimum Gasteiger partial charge on any atom is -0.397 e. The highest BCUT2D eigenvalue weighted by atomic mass is 28.4. The van der Waals surface area contributed by atoms with Crippen molar-refractivity contribution in [3.63, 3.8) is 0 Å². The second-order valence-corrected chi connectivity index (χ2v) is 11.5. The average molecular weight is 341 g/mol. The highest BCUT2D eigenvalue weighted by molar-refractivity contribution is 6.73. The Hall–Kier alpha value is -1.42. The maximum absolute atomic E-state index is 6.38. The Morgan fingerprint density at radius 1 is 0.708 bits per heavy atom. The van der Waals surface area contributed by atoms with Gasteiger partial charge >= 0.3 is 8.56 Å². The number of hydrogen-bond acceptors (Lipinski definition) is 2. The molecule has 1 saturated heterocycles. The first kappa shape index (κ1) is 17.4. The molecule has 0 spiro atoms. The molecule has 0 amide bonds. The summed E-state index contributed by atoms with van der Waals surface area (Å²) >= 11 is 0. The van der Waals surface area contributed by atoms with Gasteiger partial charge in [-0.05, 0) is 24.0 Å². The van der Waals surface area contributed by atoms with Crippen LogP contribution in [0.2, 0.25) is 0 Å². The molecular weight excluding hydrogens is 312 g/mol. The standard InChI is InChI=1S/C21H28O2Si/c1-20(18-12-7-5-8-13-18)16-11-17-21(2,24(20,22-3)23-4)19-14-9-6-10-15-19/h5-10,12-15H,11,16-17H2,1-4H3. The molecule has 3 rings (SSSR count). The third kappa shape index (κ3) is 2.30. The van der Waals surface area contributed by atoms with Gasteiger partial charge in [0.1, 0.15) is 0 Å². The molecule has 0 bridgehead atoms. The molecule has 1 aliphatic heterocycles. The minimum absolute atomic E-state index is 0.0827. The maximum atomic E-state index is 6.38. The van der Waals surface area contributed by atoms with Gasteiger partial charge in [0.2, 0.25) is 0 Å². The average Bonchev–Trinajstić information content (AvgIpc) is 2.64. The molecule has 128 valence electrons. The monoisotopic (exact) mass is 340 g/mol. The summed E-state index contributed by atoms with van der Waals surface area (Å²) in [6.07, 6.45) is 3.39. The first-order chi connectivity index (χ1) is 11.5. The molecule has 2 atom stereocenters. The van der Waals surface area contributed by atoms with Crippen LogP contribution < -0.4 is 0 Å². The Morgan fingerprint density at radius 2 is 1.08 bits per heavy atom. The quantitative estimate of drug-likeness (QED) is 0.737. The fraction of sp³-hybridized carbons (Fsp3) is 0.429. The van der Waals surface area contributed by atoms with Gasteiger partial charge in [0.05, 0.1) is 0 Å². The van der Waals surface area contributed by atoms with E-state index in [9.17, 15) is 0 Å². The zero-order valence-electron chi connectivity index (χ0n) is 15.2. The van der Waals surface area contributed by atoms with Crippen LogP contribution in [0.5, 0.6) is 0 Å². The Labute approximate surface area is 147 Å². The first-order valence-electron chi connectivity index (χ1n) is 8.75. The molecule has 0 N–H and O–H groups in total. The molecule has 0 saturated carbocycles. The second-order valence-electron chi connectivity index (χ2n) is 7.27. The molecule has 2 unspecified atom stereocenters. The van der Waals surface area contributed by atoms with E-state index in [1.54, 1.807) is 0 Å². The minimum atomic E-state index is -2.62. The van der Waals surface area contributed by atoms with Crippen LogP contribution in [-0.2, 0) is 18.9 Å². The van der Waals surface area contributed by atoms with Gasteiger partial charge in [0.15, 0.2) is 0 Å². The largest absolute Gasteiger partial charge is 0.397 e. The summed E-state index contributed by atoms with van der Waals surface area (Å²) in [4.78, 5) is 0. The zero-order chi connectivity index (χ0) is 17.3. The number of benzene rings is 2. The third-order valence-corrected chi connectivity index (χ3v) is 11.3. The van der Waals surface area contributed by atoms with Crippen LogP contribution >= 0.6 is 0 Å². The molecule has 0 aliphatic carbocycles. The van der Waals surface area contributed by atoms with Gasteiger partial charge in [-0.3, -0.25) is 0 Å². The topological polar surface area (TPSA) is 18.5 Å². The van der Waals surface area contributed by atoms with E-state index in [1.807, 2.05) is 14.2 Å². The van der Waals surface area contributed by atoms with E-state index in [0.717, 1.165) is 12.8 Å². The van der Waals surface area contributed by atoms with Gasteiger partial charge in [-0.2, -0.15) is 0 Å². The lowest BCUT2D eigenvalue weighted by Crippen LogP contribution is -2.72. The maximum Gasteiger partial charge on any atom is 0.358 e. The summed E-state index contributed by atoms with van der Waals surface area (Å²) in [5.41, 5.74) is 2.67. The van der Waals surface area contributed by atoms with Crippen molar-refractivity contribution in [3.05, 3.63) is 71.8 Å². The predicted octanol–water partition coefficient (Wildman–Crippen LogP) is 4.90. The van der Waals surface area contributed by atoms with Crippen molar-refractivity contribution in [3.8, 4) is 0 Å². The Morgan fingerprint density at radius 3 is 1.42 bits per heavy atom. The van der Waals surface area contributed by atoms with E-state index < -0.39 is 8.56 Å². The highest BCUT2D eigenvalue weighted by Crippen LogP contribution is 2.55. The number of rotatable bonds is 4. The fourth-order valence-corrected chi connectivity index (χ4v) is 10.3. The molecule has 3 heteroatoms. The lowest BCUT2D eigenvalue weighted by atomic mass is 9.87. The molecule has 1 aliphatic rings. The van der Waals surface area contributed by atoms with E-state index >= 15 is 0 Å². The van der Waals surface area contributed by atoms with Crippen molar-refractivity contribution in [1.29, 1.82) is 0 Å². The summed E-state index contributed by atoms with van der Waals surface area (Å²) in [5.74, 6) is 0. The second kappa shape index (κ2) is 6.47. The Balaban J connectivity index is 2.22. The van der Waals surface area contributed by atoms with Crippen LogP contribution in [0, 0.1) is 0 Å². The molecular formula is C21H28O2Si. The summed E-state index contributed by atoms with van der Waals surface area (Å²) < 4.78 is 12.8. The molecule has 1 heterocycles. The normalized spacial score (nSPS) is 29.3. The zero-order valence-corrected chi connectivity index (χ0v) is 16.2. The van der Waals surface area contributed by atoms with Crippen molar-refractivity contribution in [2.24, 2.45) is 0 Å². The van der Waals surface area contributed by atoms with Gasteiger partial charge in [-0.15, -0.1) is 0 Å². The third-order valence-electron chi connectivity index (χ3n) is 6.20. The molecule has 2 nitrogen and oxygen atoms in total. The van der Waals surface area contributed by atoms with Gasteiger partial charge in [-0.25, -0.2) is 0 Å². The highest BCUT2D eigenvalue weighted by Gasteiger charge is 2.67. The summed E-state index contributed by atoms with van der Waals surface area (Å²) in [6, 6.07) is 21.6. The van der Waals surface area contributed by atoms with E-state index in [4.69, 9.17) is 8.85 Å². The van der Waals surface area contributed by atoms with Crippen LogP contribution in [0.3, 0.4) is 0 Å². The van der Waals surface area contributed by atoms with Crippen molar-refractivity contribution >= 4 is 8.56 Å². The van der Waals surface area contributed by atoms with Crippen LogP contribution in [-0.4, -0.2) is 22.8 Å². The van der Waals surface area contributed by atoms with Crippen molar-refractivity contribution in [2.75, 3.05) is 14.2 Å². The number of hydrogen-bond donors (Lipinski definition) is 0. The van der Waals surface area contributed by atoms with Crippen molar-refractivity contribution < 1.29 is 8.85 Å². The first-order valence-corrected chi connectivity index (χ1v) is 10.6. The fourth-order valence-electron chi connectivity index (χ4n) is 5.00. The van der Waals surface area contributed by atoms with Crippen LogP contribution in [0.1, 0.15) is 44.2 Å². The molecule has 2 aromatic rings. The lowest BCUT2D eigenvalue weighted by molar-refractivity contribution is 0.148.